The first-order valence-corrected chi connectivity index (χ1v) is 7.34. The van der Waals surface area contributed by atoms with Crippen molar-refractivity contribution in [1.29, 1.82) is 0 Å². The van der Waals surface area contributed by atoms with Gasteiger partial charge in [0, 0.05) is 13.5 Å². The van der Waals surface area contributed by atoms with E-state index in [1.54, 1.807) is 0 Å². The molecule has 0 aliphatic carbocycles. The van der Waals surface area contributed by atoms with E-state index in [2.05, 4.69) is 13.8 Å². The van der Waals surface area contributed by atoms with Crippen LogP contribution in [-0.4, -0.2) is 22.8 Å². The molecule has 0 bridgehead atoms. The first-order valence-electron chi connectivity index (χ1n) is 7.34. The van der Waals surface area contributed by atoms with Crippen molar-refractivity contribution in [2.75, 3.05) is 6.61 Å². The number of aliphatic hydroxyl groups excluding tert-OH is 1. The van der Waals surface area contributed by atoms with Gasteiger partial charge in [0.25, 0.3) is 5.97 Å². The third-order valence-electron chi connectivity index (χ3n) is 2.91. The largest absolute Gasteiger partial charge is 0.481 e. The quantitative estimate of drug-likeness (QED) is 0.578. The Kier molecular flexibility index (Phi) is 18.0. The zero-order valence-electron chi connectivity index (χ0n) is 12.5. The highest BCUT2D eigenvalue weighted by Gasteiger charge is 2.00. The standard InChI is InChI=1S/C13H28O.C2H4O2/c1-3-4-10-13(2)11-8-6-5-7-9-12-14;1-2(3)4/h13-14H,3-12H2,1-2H3;1H3,(H,3,4). The molecule has 0 aromatic rings. The van der Waals surface area contributed by atoms with Crippen molar-refractivity contribution in [3.8, 4) is 0 Å². The van der Waals surface area contributed by atoms with Gasteiger partial charge in [0.15, 0.2) is 0 Å². The zero-order valence-corrected chi connectivity index (χ0v) is 12.5. The second kappa shape index (κ2) is 16.4. The summed E-state index contributed by atoms with van der Waals surface area (Å²) in [6.45, 7) is 6.10. The maximum atomic E-state index is 9.00. The predicted octanol–water partition coefficient (Wildman–Crippen LogP) is 4.24. The Balaban J connectivity index is 0. The third-order valence-corrected chi connectivity index (χ3v) is 2.91. The number of carbonyl (C=O) groups is 1. The van der Waals surface area contributed by atoms with Gasteiger partial charge in [0.2, 0.25) is 0 Å². The topological polar surface area (TPSA) is 57.5 Å². The van der Waals surface area contributed by atoms with Gasteiger partial charge in [-0.2, -0.15) is 0 Å². The van der Waals surface area contributed by atoms with Gasteiger partial charge in [-0.15, -0.1) is 0 Å². The van der Waals surface area contributed by atoms with Crippen molar-refractivity contribution in [2.45, 2.75) is 78.6 Å². The number of aliphatic carboxylic acids is 1. The Morgan fingerprint density at radius 2 is 1.44 bits per heavy atom. The summed E-state index contributed by atoms with van der Waals surface area (Å²) in [6.07, 6.45) is 11.8. The molecular weight excluding hydrogens is 228 g/mol. The van der Waals surface area contributed by atoms with Gasteiger partial charge in [-0.25, -0.2) is 0 Å². The number of rotatable bonds is 10. The summed E-state index contributed by atoms with van der Waals surface area (Å²) in [6, 6.07) is 0. The van der Waals surface area contributed by atoms with Crippen LogP contribution in [0.15, 0.2) is 0 Å². The molecular formula is C15H32O3. The molecule has 0 heterocycles. The Hall–Kier alpha value is -0.570. The Morgan fingerprint density at radius 3 is 1.94 bits per heavy atom. The lowest BCUT2D eigenvalue weighted by molar-refractivity contribution is -0.134. The zero-order chi connectivity index (χ0) is 14.2. The van der Waals surface area contributed by atoms with Crippen molar-refractivity contribution < 1.29 is 15.0 Å². The van der Waals surface area contributed by atoms with E-state index in [1.165, 1.54) is 51.4 Å². The van der Waals surface area contributed by atoms with E-state index >= 15 is 0 Å². The SMILES string of the molecule is CC(=O)O.CCCCC(C)CCCCCCCO. The van der Waals surface area contributed by atoms with E-state index in [0.717, 1.165) is 19.3 Å². The van der Waals surface area contributed by atoms with Gasteiger partial charge < -0.3 is 10.2 Å². The van der Waals surface area contributed by atoms with E-state index in [-0.39, 0.29) is 0 Å². The molecule has 0 radical (unpaired) electrons. The second-order valence-corrected chi connectivity index (χ2v) is 5.05. The van der Waals surface area contributed by atoms with Gasteiger partial charge in [0.1, 0.15) is 0 Å². The van der Waals surface area contributed by atoms with E-state index in [9.17, 15) is 0 Å². The lowest BCUT2D eigenvalue weighted by atomic mass is 9.97. The monoisotopic (exact) mass is 260 g/mol. The number of aliphatic hydroxyl groups is 1. The summed E-state index contributed by atoms with van der Waals surface area (Å²) >= 11 is 0. The summed E-state index contributed by atoms with van der Waals surface area (Å²) in [7, 11) is 0. The first-order chi connectivity index (χ1) is 8.54. The van der Waals surface area contributed by atoms with Crippen LogP contribution in [0.3, 0.4) is 0 Å². The second-order valence-electron chi connectivity index (χ2n) is 5.05. The van der Waals surface area contributed by atoms with Crippen LogP contribution in [0.2, 0.25) is 0 Å². The lowest BCUT2D eigenvalue weighted by Crippen LogP contribution is -1.94. The van der Waals surface area contributed by atoms with Crippen molar-refractivity contribution in [3.05, 3.63) is 0 Å². The van der Waals surface area contributed by atoms with E-state index in [1.807, 2.05) is 0 Å². The van der Waals surface area contributed by atoms with Gasteiger partial charge >= 0.3 is 0 Å². The van der Waals surface area contributed by atoms with Crippen molar-refractivity contribution in [3.63, 3.8) is 0 Å². The highest BCUT2D eigenvalue weighted by Crippen LogP contribution is 2.16. The molecule has 18 heavy (non-hydrogen) atoms. The normalized spacial score (nSPS) is 11.6. The minimum Gasteiger partial charge on any atom is -0.481 e. The Morgan fingerprint density at radius 1 is 1.00 bits per heavy atom. The molecule has 0 spiro atoms. The van der Waals surface area contributed by atoms with Crippen LogP contribution in [0.4, 0.5) is 0 Å². The molecule has 3 heteroatoms. The summed E-state index contributed by atoms with van der Waals surface area (Å²) in [5.74, 6) is 0.0905. The fourth-order valence-corrected chi connectivity index (χ4v) is 1.83. The van der Waals surface area contributed by atoms with Crippen molar-refractivity contribution in [1.82, 2.24) is 0 Å². The molecule has 2 N–H and O–H groups in total. The fourth-order valence-electron chi connectivity index (χ4n) is 1.83. The summed E-state index contributed by atoms with van der Waals surface area (Å²) in [4.78, 5) is 9.00. The molecule has 110 valence electrons. The number of carboxylic acid groups (broad SMARTS) is 1. The van der Waals surface area contributed by atoms with Crippen molar-refractivity contribution >= 4 is 5.97 Å². The summed E-state index contributed by atoms with van der Waals surface area (Å²) in [5, 5.41) is 16.0. The molecule has 3 nitrogen and oxygen atoms in total. The maximum absolute atomic E-state index is 9.00. The van der Waals surface area contributed by atoms with Gasteiger partial charge in [-0.3, -0.25) is 4.79 Å². The van der Waals surface area contributed by atoms with Crippen LogP contribution in [-0.2, 0) is 4.79 Å². The molecule has 0 rings (SSSR count). The number of carboxylic acids is 1. The highest BCUT2D eigenvalue weighted by molar-refractivity contribution is 5.62. The lowest BCUT2D eigenvalue weighted by Gasteiger charge is -2.09. The third kappa shape index (κ3) is 24.6. The molecule has 0 aromatic carbocycles. The van der Waals surface area contributed by atoms with Crippen LogP contribution >= 0.6 is 0 Å². The molecule has 1 unspecified atom stereocenters. The minimum absolute atomic E-state index is 0.368. The van der Waals surface area contributed by atoms with Crippen LogP contribution in [0, 0.1) is 5.92 Å². The molecule has 0 aliphatic heterocycles. The minimum atomic E-state index is -0.833. The predicted molar refractivity (Wildman–Crippen MR) is 76.8 cm³/mol. The molecule has 0 saturated heterocycles. The van der Waals surface area contributed by atoms with E-state index in [0.29, 0.717) is 6.61 Å². The number of hydrogen-bond donors (Lipinski definition) is 2. The summed E-state index contributed by atoms with van der Waals surface area (Å²) in [5.41, 5.74) is 0. The van der Waals surface area contributed by atoms with Crippen molar-refractivity contribution in [2.24, 2.45) is 5.92 Å². The number of unbranched alkanes of at least 4 members (excludes halogenated alkanes) is 5. The van der Waals surface area contributed by atoms with Gasteiger partial charge in [-0.1, -0.05) is 65.2 Å². The fraction of sp³-hybridized carbons (Fsp3) is 0.933. The van der Waals surface area contributed by atoms with E-state index in [4.69, 9.17) is 15.0 Å². The van der Waals surface area contributed by atoms with Gasteiger partial charge in [0.05, 0.1) is 0 Å². The van der Waals surface area contributed by atoms with Crippen LogP contribution in [0.25, 0.3) is 0 Å². The molecule has 0 fully saturated rings. The van der Waals surface area contributed by atoms with Gasteiger partial charge in [-0.05, 0) is 12.3 Å². The molecule has 0 amide bonds. The Labute approximate surface area is 113 Å². The smallest absolute Gasteiger partial charge is 0.300 e. The molecule has 0 aromatic heterocycles. The van der Waals surface area contributed by atoms with Crippen LogP contribution in [0.5, 0.6) is 0 Å². The van der Waals surface area contributed by atoms with Crippen LogP contribution in [0.1, 0.15) is 78.6 Å². The molecule has 0 aliphatic rings. The average Bonchev–Trinajstić information content (AvgIpc) is 2.30. The maximum Gasteiger partial charge on any atom is 0.300 e. The van der Waals surface area contributed by atoms with Crippen LogP contribution < -0.4 is 0 Å². The first kappa shape index (κ1) is 19.8. The summed E-state index contributed by atoms with van der Waals surface area (Å²) < 4.78 is 0. The highest BCUT2D eigenvalue weighted by atomic mass is 16.4. The molecule has 1 atom stereocenters. The number of hydrogen-bond acceptors (Lipinski definition) is 2. The average molecular weight is 260 g/mol. The van der Waals surface area contributed by atoms with E-state index < -0.39 is 5.97 Å². The Bertz CT molecular complexity index is 165. The molecule has 0 saturated carbocycles.